The second-order valence-corrected chi connectivity index (χ2v) is 13.2. The monoisotopic (exact) mass is 517 g/mol. The summed E-state index contributed by atoms with van der Waals surface area (Å²) in [4.78, 5) is 17.1. The zero-order valence-corrected chi connectivity index (χ0v) is 23.4. The Hall–Kier alpha value is -2.20. The van der Waals surface area contributed by atoms with Crippen LogP contribution in [0, 0.1) is 30.5 Å². The minimum atomic E-state index is -0.387. The number of nitrogens with two attached hydrogens (primary N) is 1. The smallest absolute Gasteiger partial charge is 0.232 e. The Morgan fingerprint density at radius 1 is 1.05 bits per heavy atom. The molecule has 4 aliphatic rings. The number of likely N-dealkylation sites (tertiary alicyclic amines) is 1. The molecule has 0 unspecified atom stereocenters. The fraction of sp³-hybridized carbons (Fsp3) is 0.618. The summed E-state index contributed by atoms with van der Waals surface area (Å²) in [6.07, 6.45) is 11.4. The second kappa shape index (κ2) is 10.8. The second-order valence-electron chi connectivity index (χ2n) is 13.2. The fourth-order valence-electron chi connectivity index (χ4n) is 8.87. The van der Waals surface area contributed by atoms with E-state index in [2.05, 4.69) is 53.5 Å². The third-order valence-corrected chi connectivity index (χ3v) is 10.7. The van der Waals surface area contributed by atoms with Crippen molar-refractivity contribution in [3.63, 3.8) is 0 Å². The number of fused-ring (bicyclic) bond motifs is 2. The van der Waals surface area contributed by atoms with Gasteiger partial charge in [-0.05, 0) is 92.4 Å². The first kappa shape index (κ1) is 26.0. The molecule has 38 heavy (non-hydrogen) atoms. The van der Waals surface area contributed by atoms with Gasteiger partial charge in [0, 0.05) is 18.2 Å². The molecule has 2 saturated heterocycles. The van der Waals surface area contributed by atoms with Gasteiger partial charge in [-0.15, -0.1) is 0 Å². The number of hydrogen-bond donors (Lipinski definition) is 1. The molecule has 2 heterocycles. The van der Waals surface area contributed by atoms with Crippen LogP contribution in [0.4, 0.5) is 4.39 Å². The largest absolute Gasteiger partial charge is 0.345 e. The van der Waals surface area contributed by atoms with E-state index in [9.17, 15) is 4.79 Å². The van der Waals surface area contributed by atoms with Crippen LogP contribution in [0.3, 0.4) is 0 Å². The van der Waals surface area contributed by atoms with Gasteiger partial charge in [0.15, 0.2) is 0 Å². The topological polar surface area (TPSA) is 36.9 Å². The molecule has 1 spiro atoms. The van der Waals surface area contributed by atoms with Gasteiger partial charge in [0.2, 0.25) is 5.91 Å². The molecule has 2 aromatic rings. The summed E-state index contributed by atoms with van der Waals surface area (Å²) in [7, 11) is 0. The van der Waals surface area contributed by atoms with Gasteiger partial charge in [0.1, 0.15) is 11.7 Å². The highest BCUT2D eigenvalue weighted by molar-refractivity contribution is 5.82. The molecule has 4 heteroatoms. The highest BCUT2D eigenvalue weighted by Crippen LogP contribution is 2.47. The SMILES string of the molecule is Cc1cc(F)c2c(c1)C[C@@H](C)CC[C@]21C[NH2+]C[C@H]1C(=O)N1CC[C@@H](c2ccccc2)C[C@H]1C1CCCCC1. The van der Waals surface area contributed by atoms with Crippen LogP contribution in [0.15, 0.2) is 42.5 Å². The highest BCUT2D eigenvalue weighted by Gasteiger charge is 2.56. The fourth-order valence-corrected chi connectivity index (χ4v) is 8.87. The van der Waals surface area contributed by atoms with Crippen molar-refractivity contribution in [2.45, 2.75) is 95.4 Å². The van der Waals surface area contributed by atoms with Crippen molar-refractivity contribution in [1.29, 1.82) is 0 Å². The predicted octanol–water partition coefficient (Wildman–Crippen LogP) is 5.89. The summed E-state index contributed by atoms with van der Waals surface area (Å²) in [6.45, 7) is 6.76. The first-order chi connectivity index (χ1) is 18.5. The lowest BCUT2D eigenvalue weighted by Gasteiger charge is -2.47. The van der Waals surface area contributed by atoms with Crippen molar-refractivity contribution in [3.8, 4) is 0 Å². The molecular formula is C34H46FN2O+. The number of hydrogen-bond acceptors (Lipinski definition) is 1. The van der Waals surface area contributed by atoms with Gasteiger partial charge in [-0.3, -0.25) is 4.79 Å². The third kappa shape index (κ3) is 4.72. The van der Waals surface area contributed by atoms with Crippen molar-refractivity contribution in [2.75, 3.05) is 19.6 Å². The van der Waals surface area contributed by atoms with E-state index in [0.29, 0.717) is 29.7 Å². The number of piperidine rings is 1. The predicted molar refractivity (Wildman–Crippen MR) is 151 cm³/mol. The maximum Gasteiger partial charge on any atom is 0.232 e. The van der Waals surface area contributed by atoms with Gasteiger partial charge in [-0.2, -0.15) is 0 Å². The Bertz CT molecular complexity index is 1140. The number of quaternary nitrogens is 1. The van der Waals surface area contributed by atoms with Gasteiger partial charge < -0.3 is 10.2 Å². The molecule has 0 radical (unpaired) electrons. The van der Waals surface area contributed by atoms with E-state index >= 15 is 4.39 Å². The molecule has 1 amide bonds. The molecule has 6 rings (SSSR count). The maximum atomic E-state index is 15.9. The molecule has 2 aromatic carbocycles. The number of nitrogens with zero attached hydrogens (tertiary/aromatic N) is 1. The molecule has 5 atom stereocenters. The molecule has 2 aliphatic heterocycles. The zero-order chi connectivity index (χ0) is 26.3. The molecule has 2 N–H and O–H groups in total. The van der Waals surface area contributed by atoms with E-state index in [-0.39, 0.29) is 17.2 Å². The van der Waals surface area contributed by atoms with E-state index in [1.807, 2.05) is 6.92 Å². The molecule has 1 saturated carbocycles. The Morgan fingerprint density at radius 2 is 1.84 bits per heavy atom. The number of rotatable bonds is 3. The van der Waals surface area contributed by atoms with Crippen molar-refractivity contribution >= 4 is 5.91 Å². The third-order valence-electron chi connectivity index (χ3n) is 10.7. The first-order valence-electron chi connectivity index (χ1n) is 15.4. The van der Waals surface area contributed by atoms with Crippen molar-refractivity contribution in [1.82, 2.24) is 4.90 Å². The summed E-state index contributed by atoms with van der Waals surface area (Å²) >= 11 is 0. The number of carbonyl (C=O) groups excluding carboxylic acids is 1. The minimum Gasteiger partial charge on any atom is -0.345 e. The van der Waals surface area contributed by atoms with Crippen LogP contribution in [0.1, 0.15) is 92.9 Å². The quantitative estimate of drug-likeness (QED) is 0.541. The Morgan fingerprint density at radius 3 is 2.63 bits per heavy atom. The van der Waals surface area contributed by atoms with Crippen molar-refractivity contribution in [3.05, 3.63) is 70.5 Å². The zero-order valence-electron chi connectivity index (χ0n) is 23.4. The molecule has 0 aromatic heterocycles. The number of halogens is 1. The van der Waals surface area contributed by atoms with Crippen LogP contribution in [0.2, 0.25) is 0 Å². The van der Waals surface area contributed by atoms with Crippen LogP contribution >= 0.6 is 0 Å². The standard InChI is InChI=1S/C34H45FN2O/c1-23-13-15-34(32-28(17-23)18-24(2)19-30(32)35)22-36-21-29(34)33(38)37-16-14-27(25-9-5-3-6-10-25)20-31(37)26-11-7-4-8-12-26/h3,5-6,9-10,18-19,23,26-27,29,31,36H,4,7-8,11-17,20-22H2,1-2H3/p+1/t23-,27+,29-,31-,34+/m0/s1. The van der Waals surface area contributed by atoms with Crippen LogP contribution in [-0.4, -0.2) is 36.5 Å². The normalized spacial score (nSPS) is 32.2. The Kier molecular flexibility index (Phi) is 7.37. The lowest BCUT2D eigenvalue weighted by Crippen LogP contribution is -2.82. The summed E-state index contributed by atoms with van der Waals surface area (Å²) in [6, 6.07) is 15.2. The van der Waals surface area contributed by atoms with Gasteiger partial charge in [0.25, 0.3) is 0 Å². The maximum absolute atomic E-state index is 15.9. The van der Waals surface area contributed by atoms with Crippen LogP contribution in [-0.2, 0) is 16.6 Å². The molecule has 0 bridgehead atoms. The van der Waals surface area contributed by atoms with Gasteiger partial charge in [0.05, 0.1) is 18.5 Å². The lowest BCUT2D eigenvalue weighted by molar-refractivity contribution is -0.640. The number of carbonyl (C=O) groups is 1. The van der Waals surface area contributed by atoms with E-state index in [4.69, 9.17) is 0 Å². The average molecular weight is 518 g/mol. The number of amides is 1. The van der Waals surface area contributed by atoms with Gasteiger partial charge in [-0.25, -0.2) is 4.39 Å². The van der Waals surface area contributed by atoms with Crippen LogP contribution in [0.5, 0.6) is 0 Å². The van der Waals surface area contributed by atoms with Crippen LogP contribution in [0.25, 0.3) is 0 Å². The number of benzene rings is 2. The summed E-state index contributed by atoms with van der Waals surface area (Å²) in [5.74, 6) is 1.75. The van der Waals surface area contributed by atoms with E-state index < -0.39 is 0 Å². The number of aryl methyl sites for hydroxylation is 1. The average Bonchev–Trinajstić information content (AvgIpc) is 3.30. The van der Waals surface area contributed by atoms with E-state index in [1.165, 1.54) is 37.7 Å². The van der Waals surface area contributed by atoms with E-state index in [1.54, 1.807) is 6.07 Å². The molecular weight excluding hydrogens is 471 g/mol. The van der Waals surface area contributed by atoms with Crippen LogP contribution < -0.4 is 5.32 Å². The molecule has 204 valence electrons. The highest BCUT2D eigenvalue weighted by atomic mass is 19.1. The van der Waals surface area contributed by atoms with Gasteiger partial charge in [-0.1, -0.05) is 62.6 Å². The summed E-state index contributed by atoms with van der Waals surface area (Å²) in [5.41, 5.74) is 4.08. The molecule has 2 aliphatic carbocycles. The van der Waals surface area contributed by atoms with Crippen molar-refractivity contribution in [2.24, 2.45) is 17.8 Å². The van der Waals surface area contributed by atoms with E-state index in [0.717, 1.165) is 68.4 Å². The first-order valence-corrected chi connectivity index (χ1v) is 15.4. The minimum absolute atomic E-state index is 0.0752. The summed E-state index contributed by atoms with van der Waals surface area (Å²) < 4.78 is 15.9. The van der Waals surface area contributed by atoms with Crippen molar-refractivity contribution < 1.29 is 14.5 Å². The Balaban J connectivity index is 1.34. The molecule has 3 nitrogen and oxygen atoms in total. The summed E-state index contributed by atoms with van der Waals surface area (Å²) in [5, 5.41) is 2.31. The Labute approximate surface area is 228 Å². The lowest BCUT2D eigenvalue weighted by atomic mass is 9.67. The molecule has 3 fully saturated rings. The van der Waals surface area contributed by atoms with Gasteiger partial charge >= 0.3 is 0 Å².